The van der Waals surface area contributed by atoms with Gasteiger partial charge in [-0.2, -0.15) is 0 Å². The zero-order valence-electron chi connectivity index (χ0n) is 10.4. The maximum absolute atomic E-state index is 3.55. The second kappa shape index (κ2) is 2.98. The molecule has 0 aromatic carbocycles. The molecule has 2 saturated carbocycles. The number of rotatable bonds is 4. The van der Waals surface area contributed by atoms with Gasteiger partial charge in [0.2, 0.25) is 0 Å². The Morgan fingerprint density at radius 2 is 1.64 bits per heavy atom. The molecular weight excluding hydrogens is 170 g/mol. The monoisotopic (exact) mass is 195 g/mol. The van der Waals surface area contributed by atoms with Crippen molar-refractivity contribution in [2.45, 2.75) is 53.0 Å². The quantitative estimate of drug-likeness (QED) is 0.727. The van der Waals surface area contributed by atoms with Gasteiger partial charge >= 0.3 is 0 Å². The Balaban J connectivity index is 1.99. The summed E-state index contributed by atoms with van der Waals surface area (Å²) in [5.74, 6) is 1.92. The molecule has 0 heterocycles. The first-order valence-corrected chi connectivity index (χ1v) is 6.08. The largest absolute Gasteiger partial charge is 0.317 e. The van der Waals surface area contributed by atoms with Crippen LogP contribution in [0.4, 0.5) is 0 Å². The van der Waals surface area contributed by atoms with E-state index in [4.69, 9.17) is 0 Å². The van der Waals surface area contributed by atoms with Crippen LogP contribution in [-0.4, -0.2) is 13.1 Å². The highest BCUT2D eigenvalue weighted by Crippen LogP contribution is 2.70. The summed E-state index contributed by atoms with van der Waals surface area (Å²) in [7, 11) is 2.14. The highest BCUT2D eigenvalue weighted by molar-refractivity contribution is 5.16. The van der Waals surface area contributed by atoms with Crippen molar-refractivity contribution in [3.8, 4) is 0 Å². The first-order chi connectivity index (χ1) is 6.41. The van der Waals surface area contributed by atoms with Crippen molar-refractivity contribution in [2.75, 3.05) is 7.05 Å². The first-order valence-electron chi connectivity index (χ1n) is 6.08. The average molecular weight is 195 g/mol. The molecule has 1 atom stereocenters. The molecule has 0 amide bonds. The van der Waals surface area contributed by atoms with Crippen LogP contribution in [0.1, 0.15) is 47.0 Å². The molecule has 0 radical (unpaired) electrons. The van der Waals surface area contributed by atoms with Gasteiger partial charge in [0.1, 0.15) is 0 Å². The van der Waals surface area contributed by atoms with E-state index < -0.39 is 0 Å². The summed E-state index contributed by atoms with van der Waals surface area (Å²) in [6.45, 7) is 9.70. The number of nitrogens with one attached hydrogen (secondary N) is 1. The molecule has 2 aliphatic carbocycles. The van der Waals surface area contributed by atoms with Gasteiger partial charge in [0, 0.05) is 6.04 Å². The van der Waals surface area contributed by atoms with Crippen LogP contribution in [0.2, 0.25) is 0 Å². The second-order valence-corrected chi connectivity index (χ2v) is 6.50. The Bertz CT molecular complexity index is 211. The molecule has 0 spiro atoms. The number of hydrogen-bond donors (Lipinski definition) is 1. The molecule has 0 aromatic heterocycles. The van der Waals surface area contributed by atoms with E-state index in [-0.39, 0.29) is 0 Å². The molecule has 2 rings (SSSR count). The maximum atomic E-state index is 3.55. The first kappa shape index (κ1) is 10.5. The lowest BCUT2D eigenvalue weighted by molar-refractivity contribution is 0.384. The van der Waals surface area contributed by atoms with Crippen molar-refractivity contribution >= 4 is 0 Å². The van der Waals surface area contributed by atoms with Crippen molar-refractivity contribution < 1.29 is 0 Å². The fourth-order valence-corrected chi connectivity index (χ4v) is 3.39. The fourth-order valence-electron chi connectivity index (χ4n) is 3.39. The smallest absolute Gasteiger partial charge is 0.0106 e. The van der Waals surface area contributed by atoms with Crippen LogP contribution in [0.15, 0.2) is 0 Å². The Kier molecular flexibility index (Phi) is 2.23. The van der Waals surface area contributed by atoms with Gasteiger partial charge in [0.05, 0.1) is 0 Å². The molecule has 0 aromatic rings. The molecule has 14 heavy (non-hydrogen) atoms. The van der Waals surface area contributed by atoms with Crippen LogP contribution in [0.3, 0.4) is 0 Å². The summed E-state index contributed by atoms with van der Waals surface area (Å²) in [6, 6.07) is 0.757. The van der Waals surface area contributed by atoms with Gasteiger partial charge in [-0.1, -0.05) is 40.5 Å². The Morgan fingerprint density at radius 3 is 1.93 bits per heavy atom. The summed E-state index contributed by atoms with van der Waals surface area (Å²) in [6.07, 6.45) is 4.37. The van der Waals surface area contributed by atoms with Gasteiger partial charge in [-0.05, 0) is 36.1 Å². The van der Waals surface area contributed by atoms with Crippen LogP contribution >= 0.6 is 0 Å². The van der Waals surface area contributed by atoms with Gasteiger partial charge in [-0.15, -0.1) is 0 Å². The molecular formula is C13H25N. The van der Waals surface area contributed by atoms with E-state index in [1.807, 2.05) is 0 Å². The van der Waals surface area contributed by atoms with E-state index in [9.17, 15) is 0 Å². The molecule has 1 nitrogen and oxygen atoms in total. The third-order valence-electron chi connectivity index (χ3n) is 5.19. The Morgan fingerprint density at radius 1 is 1.14 bits per heavy atom. The lowest BCUT2D eigenvalue weighted by atomic mass is 9.99. The van der Waals surface area contributed by atoms with Crippen molar-refractivity contribution in [1.29, 1.82) is 0 Å². The van der Waals surface area contributed by atoms with Crippen molar-refractivity contribution in [1.82, 2.24) is 5.32 Å². The molecule has 1 unspecified atom stereocenters. The minimum atomic E-state index is 0.537. The lowest BCUT2D eigenvalue weighted by Gasteiger charge is -2.18. The predicted molar refractivity (Wildman–Crippen MR) is 61.2 cm³/mol. The van der Waals surface area contributed by atoms with Crippen LogP contribution < -0.4 is 5.32 Å². The highest BCUT2D eigenvalue weighted by atomic mass is 14.9. The van der Waals surface area contributed by atoms with Gasteiger partial charge < -0.3 is 5.32 Å². The van der Waals surface area contributed by atoms with Crippen LogP contribution in [0.25, 0.3) is 0 Å². The average Bonchev–Trinajstić information content (AvgIpc) is 2.91. The van der Waals surface area contributed by atoms with Crippen molar-refractivity contribution in [3.63, 3.8) is 0 Å². The van der Waals surface area contributed by atoms with E-state index in [0.717, 1.165) is 17.9 Å². The highest BCUT2D eigenvalue weighted by Gasteiger charge is 2.66. The second-order valence-electron chi connectivity index (χ2n) is 6.50. The van der Waals surface area contributed by atoms with E-state index in [0.29, 0.717) is 10.8 Å². The molecule has 82 valence electrons. The fraction of sp³-hybridized carbons (Fsp3) is 1.00. The van der Waals surface area contributed by atoms with E-state index in [2.05, 4.69) is 40.1 Å². The summed E-state index contributed by atoms with van der Waals surface area (Å²) in [5.41, 5.74) is 1.07. The summed E-state index contributed by atoms with van der Waals surface area (Å²) < 4.78 is 0. The lowest BCUT2D eigenvalue weighted by Crippen LogP contribution is -2.30. The Hall–Kier alpha value is -0.0400. The molecule has 0 aliphatic heterocycles. The predicted octanol–water partition coefficient (Wildman–Crippen LogP) is 3.06. The molecule has 1 N–H and O–H groups in total. The Labute approximate surface area is 88.7 Å². The summed E-state index contributed by atoms with van der Waals surface area (Å²) >= 11 is 0. The third kappa shape index (κ3) is 1.41. The van der Waals surface area contributed by atoms with E-state index in [1.54, 1.807) is 0 Å². The van der Waals surface area contributed by atoms with Crippen LogP contribution in [0, 0.1) is 22.7 Å². The topological polar surface area (TPSA) is 12.0 Å². The van der Waals surface area contributed by atoms with Crippen molar-refractivity contribution in [2.24, 2.45) is 22.7 Å². The molecule has 2 fully saturated rings. The van der Waals surface area contributed by atoms with E-state index in [1.165, 1.54) is 19.3 Å². The summed E-state index contributed by atoms with van der Waals surface area (Å²) in [5, 5.41) is 3.55. The third-order valence-corrected chi connectivity index (χ3v) is 5.19. The minimum Gasteiger partial charge on any atom is -0.317 e. The summed E-state index contributed by atoms with van der Waals surface area (Å²) in [4.78, 5) is 0. The molecule has 1 heteroatoms. The number of hydrogen-bond acceptors (Lipinski definition) is 1. The van der Waals surface area contributed by atoms with Crippen LogP contribution in [-0.2, 0) is 0 Å². The molecule has 2 aliphatic rings. The van der Waals surface area contributed by atoms with Gasteiger partial charge in [-0.3, -0.25) is 0 Å². The van der Waals surface area contributed by atoms with E-state index >= 15 is 0 Å². The van der Waals surface area contributed by atoms with Gasteiger partial charge in [0.15, 0.2) is 0 Å². The standard InChI is InChI=1S/C13H25N/c1-12(2)11(13(12,3)4)10(14-5)8-9-6-7-9/h9-11,14H,6-8H2,1-5H3. The molecule has 0 bridgehead atoms. The normalized spacial score (nSPS) is 31.5. The van der Waals surface area contributed by atoms with Crippen molar-refractivity contribution in [3.05, 3.63) is 0 Å². The maximum Gasteiger partial charge on any atom is 0.0106 e. The van der Waals surface area contributed by atoms with Gasteiger partial charge in [0.25, 0.3) is 0 Å². The minimum absolute atomic E-state index is 0.537. The zero-order chi connectivity index (χ0) is 10.6. The molecule has 0 saturated heterocycles. The zero-order valence-corrected chi connectivity index (χ0v) is 10.4. The van der Waals surface area contributed by atoms with Crippen LogP contribution in [0.5, 0.6) is 0 Å². The SMILES string of the molecule is CNC(CC1CC1)C1C(C)(C)C1(C)C. The van der Waals surface area contributed by atoms with Gasteiger partial charge in [-0.25, -0.2) is 0 Å².